The van der Waals surface area contributed by atoms with Crippen molar-refractivity contribution < 1.29 is 19.0 Å². The Labute approximate surface area is 182 Å². The van der Waals surface area contributed by atoms with Gasteiger partial charge >= 0.3 is 5.97 Å². The number of nitrogens with zero attached hydrogens (tertiary/aromatic N) is 2. The van der Waals surface area contributed by atoms with Crippen LogP contribution < -0.4 is 11.3 Å². The van der Waals surface area contributed by atoms with Gasteiger partial charge in [0, 0.05) is 28.6 Å². The SMILES string of the molecule is CC[C@@]1(O)C(=O)OCc2c1cc1n(c2=O)Cc2c-1nc1cc(F)c(C)c3c1c2C[C@@H](N)C3. The van der Waals surface area contributed by atoms with Crippen LogP contribution in [0.25, 0.3) is 22.3 Å². The third kappa shape index (κ3) is 2.28. The second kappa shape index (κ2) is 6.24. The number of carbonyl (C=O) groups excluding carboxylic acids is 1. The first-order valence-electron chi connectivity index (χ1n) is 10.8. The normalized spacial score (nSPS) is 23.0. The summed E-state index contributed by atoms with van der Waals surface area (Å²) in [6.45, 7) is 3.57. The monoisotopic (exact) mass is 435 g/mol. The van der Waals surface area contributed by atoms with Crippen molar-refractivity contribution in [2.45, 2.75) is 57.9 Å². The van der Waals surface area contributed by atoms with Crippen molar-refractivity contribution in [2.24, 2.45) is 5.73 Å². The van der Waals surface area contributed by atoms with Crippen LogP contribution in [0.3, 0.4) is 0 Å². The molecule has 3 aliphatic rings. The highest BCUT2D eigenvalue weighted by molar-refractivity contribution is 5.93. The summed E-state index contributed by atoms with van der Waals surface area (Å²) in [4.78, 5) is 30.5. The molecule has 8 heteroatoms. The molecule has 0 saturated heterocycles. The van der Waals surface area contributed by atoms with E-state index in [4.69, 9.17) is 15.5 Å². The lowest BCUT2D eigenvalue weighted by atomic mass is 9.82. The minimum Gasteiger partial charge on any atom is -0.458 e. The number of benzene rings is 1. The predicted octanol–water partition coefficient (Wildman–Crippen LogP) is 1.95. The van der Waals surface area contributed by atoms with Gasteiger partial charge < -0.3 is 20.1 Å². The number of nitrogens with two attached hydrogens (primary N) is 1. The van der Waals surface area contributed by atoms with Crippen LogP contribution in [0, 0.1) is 12.7 Å². The van der Waals surface area contributed by atoms with Crippen molar-refractivity contribution in [2.75, 3.05) is 0 Å². The van der Waals surface area contributed by atoms with Gasteiger partial charge in [-0.2, -0.15) is 0 Å². The molecule has 2 aliphatic heterocycles. The maximum Gasteiger partial charge on any atom is 0.343 e. The van der Waals surface area contributed by atoms with E-state index in [-0.39, 0.29) is 41.6 Å². The summed E-state index contributed by atoms with van der Waals surface area (Å²) in [5.41, 5.74) is 9.69. The third-order valence-electron chi connectivity index (χ3n) is 7.35. The number of pyridine rings is 2. The summed E-state index contributed by atoms with van der Waals surface area (Å²) in [5, 5.41) is 11.9. The highest BCUT2D eigenvalue weighted by atomic mass is 19.1. The van der Waals surface area contributed by atoms with E-state index in [0.717, 1.165) is 22.1 Å². The summed E-state index contributed by atoms with van der Waals surface area (Å²) < 4.78 is 21.4. The Morgan fingerprint density at radius 2 is 2.00 bits per heavy atom. The highest BCUT2D eigenvalue weighted by Crippen LogP contribution is 2.43. The van der Waals surface area contributed by atoms with Crippen LogP contribution in [-0.2, 0) is 41.1 Å². The van der Waals surface area contributed by atoms with Crippen molar-refractivity contribution in [1.82, 2.24) is 9.55 Å². The summed E-state index contributed by atoms with van der Waals surface area (Å²) in [5.74, 6) is -1.09. The summed E-state index contributed by atoms with van der Waals surface area (Å²) in [6, 6.07) is 2.96. The van der Waals surface area contributed by atoms with E-state index in [1.54, 1.807) is 24.5 Å². The van der Waals surface area contributed by atoms with Crippen LogP contribution in [0.4, 0.5) is 4.39 Å². The Kier molecular flexibility index (Phi) is 3.81. The van der Waals surface area contributed by atoms with Crippen molar-refractivity contribution in [3.8, 4) is 11.4 Å². The number of halogens is 1. The molecule has 0 amide bonds. The molecule has 0 saturated carbocycles. The molecule has 4 heterocycles. The Morgan fingerprint density at radius 3 is 2.75 bits per heavy atom. The fraction of sp³-hybridized carbons (Fsp3) is 0.375. The first-order chi connectivity index (χ1) is 15.2. The van der Waals surface area contributed by atoms with Crippen LogP contribution in [0.1, 0.15) is 46.7 Å². The van der Waals surface area contributed by atoms with E-state index in [1.165, 1.54) is 6.07 Å². The standard InChI is InChI=1S/C24H22FN3O4/c1-3-24(31)16-6-19-21-14(8-28(19)22(29)15(16)9-32-23(24)30)13-5-11(26)4-12-10(2)17(25)7-18(27-21)20(12)13/h6-7,11,31H,3-5,8-9,26H2,1-2H3/t11-,24-/m0/s1. The molecule has 0 unspecified atom stereocenters. The van der Waals surface area contributed by atoms with Gasteiger partial charge in [0.2, 0.25) is 0 Å². The zero-order chi connectivity index (χ0) is 22.5. The lowest BCUT2D eigenvalue weighted by Crippen LogP contribution is -2.44. The number of carbonyl (C=O) groups is 1. The molecule has 1 aliphatic carbocycles. The van der Waals surface area contributed by atoms with E-state index < -0.39 is 11.6 Å². The number of esters is 1. The number of aromatic nitrogens is 2. The van der Waals surface area contributed by atoms with Crippen molar-refractivity contribution in [3.05, 3.63) is 61.7 Å². The van der Waals surface area contributed by atoms with Gasteiger partial charge in [-0.1, -0.05) is 6.92 Å². The van der Waals surface area contributed by atoms with Gasteiger partial charge in [0.05, 0.1) is 29.0 Å². The number of hydrogen-bond donors (Lipinski definition) is 2. The topological polar surface area (TPSA) is 107 Å². The number of hydrogen-bond acceptors (Lipinski definition) is 6. The predicted molar refractivity (Wildman–Crippen MR) is 115 cm³/mol. The first kappa shape index (κ1) is 19.6. The molecule has 3 N–H and O–H groups in total. The average molecular weight is 435 g/mol. The van der Waals surface area contributed by atoms with Gasteiger partial charge in [0.25, 0.3) is 5.56 Å². The molecule has 2 aromatic heterocycles. The molecule has 0 radical (unpaired) electrons. The fourth-order valence-electron chi connectivity index (χ4n) is 5.56. The fourth-order valence-corrected chi connectivity index (χ4v) is 5.56. The Morgan fingerprint density at radius 1 is 1.25 bits per heavy atom. The number of cyclic esters (lactones) is 1. The smallest absolute Gasteiger partial charge is 0.343 e. The summed E-state index contributed by atoms with van der Waals surface area (Å²) >= 11 is 0. The number of rotatable bonds is 1. The van der Waals surface area contributed by atoms with Crippen LogP contribution in [-0.4, -0.2) is 26.7 Å². The van der Waals surface area contributed by atoms with Gasteiger partial charge in [-0.15, -0.1) is 0 Å². The van der Waals surface area contributed by atoms with E-state index in [1.807, 2.05) is 0 Å². The zero-order valence-corrected chi connectivity index (χ0v) is 17.8. The first-order valence-corrected chi connectivity index (χ1v) is 10.8. The van der Waals surface area contributed by atoms with E-state index in [9.17, 15) is 19.1 Å². The van der Waals surface area contributed by atoms with E-state index in [0.29, 0.717) is 41.9 Å². The Balaban J connectivity index is 1.68. The van der Waals surface area contributed by atoms with Gasteiger partial charge in [0.15, 0.2) is 5.60 Å². The van der Waals surface area contributed by atoms with Crippen LogP contribution in [0.15, 0.2) is 16.9 Å². The van der Waals surface area contributed by atoms with Gasteiger partial charge in [-0.3, -0.25) is 4.79 Å². The Bertz CT molecular complexity index is 1440. The summed E-state index contributed by atoms with van der Waals surface area (Å²) in [6.07, 6.45) is 1.27. The minimum atomic E-state index is -1.88. The molecule has 2 atom stereocenters. The third-order valence-corrected chi connectivity index (χ3v) is 7.35. The molecule has 1 aromatic carbocycles. The average Bonchev–Trinajstić information content (AvgIpc) is 3.14. The molecular weight excluding hydrogens is 413 g/mol. The molecule has 3 aromatic rings. The van der Waals surface area contributed by atoms with Crippen LogP contribution in [0.2, 0.25) is 0 Å². The van der Waals surface area contributed by atoms with E-state index >= 15 is 0 Å². The second-order valence-corrected chi connectivity index (χ2v) is 9.04. The van der Waals surface area contributed by atoms with Crippen molar-refractivity contribution in [3.63, 3.8) is 0 Å². The van der Waals surface area contributed by atoms with Gasteiger partial charge in [-0.25, -0.2) is 14.2 Å². The quantitative estimate of drug-likeness (QED) is 0.443. The minimum absolute atomic E-state index is 0.0771. The molecular formula is C24H22FN3O4. The zero-order valence-electron chi connectivity index (χ0n) is 17.8. The van der Waals surface area contributed by atoms with Gasteiger partial charge in [-0.05, 0) is 48.9 Å². The number of ether oxygens (including phenoxy) is 1. The maximum absolute atomic E-state index is 14.7. The summed E-state index contributed by atoms with van der Waals surface area (Å²) in [7, 11) is 0. The van der Waals surface area contributed by atoms with Crippen molar-refractivity contribution in [1.29, 1.82) is 0 Å². The maximum atomic E-state index is 14.7. The molecule has 6 rings (SSSR count). The number of fused-ring (bicyclic) bond motifs is 5. The van der Waals surface area contributed by atoms with Crippen LogP contribution in [0.5, 0.6) is 0 Å². The molecule has 0 fully saturated rings. The lowest BCUT2D eigenvalue weighted by Gasteiger charge is -2.31. The number of aliphatic hydroxyl groups is 1. The van der Waals surface area contributed by atoms with Crippen LogP contribution >= 0.6 is 0 Å². The largest absolute Gasteiger partial charge is 0.458 e. The van der Waals surface area contributed by atoms with Crippen molar-refractivity contribution >= 4 is 16.9 Å². The lowest BCUT2D eigenvalue weighted by molar-refractivity contribution is -0.172. The molecule has 7 nitrogen and oxygen atoms in total. The molecule has 164 valence electrons. The Hall–Kier alpha value is -3.10. The molecule has 0 bridgehead atoms. The molecule has 0 spiro atoms. The second-order valence-electron chi connectivity index (χ2n) is 9.04. The van der Waals surface area contributed by atoms with E-state index in [2.05, 4.69) is 0 Å². The molecule has 32 heavy (non-hydrogen) atoms. The van der Waals surface area contributed by atoms with Gasteiger partial charge in [0.1, 0.15) is 12.4 Å². The highest BCUT2D eigenvalue weighted by Gasteiger charge is 2.45.